The largest absolute Gasteiger partial charge is 0.332 e. The Labute approximate surface area is 221 Å². The van der Waals surface area contributed by atoms with Crippen LogP contribution >= 0.6 is 0 Å². The number of nitrogens with zero attached hydrogens (tertiary/aromatic N) is 1. The average molecular weight is 518 g/mol. The third-order valence-corrected chi connectivity index (χ3v) is 7.94. The molecule has 0 saturated heterocycles. The fraction of sp³-hybridized carbons (Fsp3) is 0.355. The number of allylic oxidation sites excluding steroid dienone is 4. The van der Waals surface area contributed by atoms with Crippen molar-refractivity contribution in [3.05, 3.63) is 83.8 Å². The minimum absolute atomic E-state index is 0.000510. The van der Waals surface area contributed by atoms with E-state index in [1.807, 2.05) is 24.3 Å². The normalized spacial score (nSPS) is 21.2. The maximum absolute atomic E-state index is 14.6. The highest BCUT2D eigenvalue weighted by molar-refractivity contribution is 6.07. The van der Waals surface area contributed by atoms with Gasteiger partial charge in [-0.1, -0.05) is 30.7 Å². The predicted molar refractivity (Wildman–Crippen MR) is 147 cm³/mol. The fourth-order valence-corrected chi connectivity index (χ4v) is 6.14. The number of fused-ring (bicyclic) bond motifs is 3. The van der Waals surface area contributed by atoms with E-state index < -0.39 is 12.5 Å². The minimum atomic E-state index is -0.979. The maximum Gasteiger partial charge on any atom is 0.272 e. The second-order valence-electron chi connectivity index (χ2n) is 10.5. The molecule has 0 aliphatic heterocycles. The van der Waals surface area contributed by atoms with Crippen LogP contribution in [0.4, 0.5) is 20.2 Å². The minimum Gasteiger partial charge on any atom is -0.332 e. The van der Waals surface area contributed by atoms with Gasteiger partial charge in [-0.25, -0.2) is 8.78 Å². The molecule has 2 amide bonds. The van der Waals surface area contributed by atoms with Crippen LogP contribution < -0.4 is 10.6 Å². The Balaban J connectivity index is 1.42. The molecule has 2 bridgehead atoms. The van der Waals surface area contributed by atoms with E-state index in [9.17, 15) is 18.4 Å². The summed E-state index contributed by atoms with van der Waals surface area (Å²) in [5.74, 6) is 0.878. The molecule has 5 rings (SSSR count). The molecule has 2 aliphatic rings. The number of carbonyl (C=O) groups is 2. The highest BCUT2D eigenvalue weighted by Gasteiger charge is 2.40. The van der Waals surface area contributed by atoms with E-state index in [1.165, 1.54) is 31.4 Å². The van der Waals surface area contributed by atoms with Gasteiger partial charge in [0.25, 0.3) is 5.91 Å². The number of rotatable bonds is 9. The van der Waals surface area contributed by atoms with Gasteiger partial charge in [-0.15, -0.1) is 0 Å². The van der Waals surface area contributed by atoms with Gasteiger partial charge in [0.2, 0.25) is 5.91 Å². The van der Waals surface area contributed by atoms with E-state index in [2.05, 4.69) is 10.6 Å². The number of para-hydroxylation sites is 1. The standard InChI is InChI=1S/C31H33F2N3O2/c1-2-6-27(33)24(18-32)19-36-28-12-11-26(34-30(37)17-22-14-20-9-10-21(22)13-20)15-23(28)16-29(36)31(38)35-25-7-4-3-5-8-25/h2-8,11-12,15-16,20-22H,9-10,13-14,17-19H2,1H3,(H,34,37)(H,35,38)/b6-2-,27-24-. The molecule has 0 spiro atoms. The first-order valence-electron chi connectivity index (χ1n) is 13.3. The van der Waals surface area contributed by atoms with E-state index in [-0.39, 0.29) is 29.6 Å². The molecule has 3 aromatic rings. The summed E-state index contributed by atoms with van der Waals surface area (Å²) in [5, 5.41) is 6.58. The SMILES string of the molecule is C/C=C\C(F)=C(/CF)Cn1c(C(=O)Nc2ccccc2)cc2cc(NC(=O)CC3CC4CCC3C4)ccc21. The van der Waals surface area contributed by atoms with Crippen LogP contribution in [0.2, 0.25) is 0 Å². The Morgan fingerprint density at radius 2 is 1.84 bits per heavy atom. The van der Waals surface area contributed by atoms with E-state index >= 15 is 0 Å². The Kier molecular flexibility index (Phi) is 7.72. The molecule has 3 unspecified atom stereocenters. The Bertz CT molecular complexity index is 1390. The summed E-state index contributed by atoms with van der Waals surface area (Å²) in [7, 11) is 0. The lowest BCUT2D eigenvalue weighted by Crippen LogP contribution is -2.20. The number of alkyl halides is 1. The third kappa shape index (κ3) is 5.57. The lowest BCUT2D eigenvalue weighted by molar-refractivity contribution is -0.117. The first-order chi connectivity index (χ1) is 18.4. The molecule has 0 radical (unpaired) electrons. The monoisotopic (exact) mass is 517 g/mol. The quantitative estimate of drug-likeness (QED) is 0.290. The Hall–Kier alpha value is -3.74. The number of anilines is 2. The molecule has 2 saturated carbocycles. The number of benzene rings is 2. The van der Waals surface area contributed by atoms with Crippen LogP contribution in [0.3, 0.4) is 0 Å². The first-order valence-corrected chi connectivity index (χ1v) is 13.3. The van der Waals surface area contributed by atoms with Crippen molar-refractivity contribution < 1.29 is 18.4 Å². The molecule has 1 heterocycles. The molecule has 198 valence electrons. The number of amides is 2. The van der Waals surface area contributed by atoms with E-state index in [4.69, 9.17) is 0 Å². The fourth-order valence-electron chi connectivity index (χ4n) is 6.14. The number of nitrogens with one attached hydrogen (secondary N) is 2. The summed E-state index contributed by atoms with van der Waals surface area (Å²) in [6, 6.07) is 16.1. The molecule has 2 fully saturated rings. The molecule has 2 aromatic carbocycles. The van der Waals surface area contributed by atoms with Crippen molar-refractivity contribution in [2.24, 2.45) is 17.8 Å². The number of hydrogen-bond donors (Lipinski definition) is 2. The van der Waals surface area contributed by atoms with Crippen LogP contribution in [0, 0.1) is 17.8 Å². The van der Waals surface area contributed by atoms with Crippen LogP contribution in [0.5, 0.6) is 0 Å². The van der Waals surface area contributed by atoms with Gasteiger partial charge in [-0.05, 0) is 86.4 Å². The summed E-state index contributed by atoms with van der Waals surface area (Å²) in [6.07, 6.45) is 8.19. The maximum atomic E-state index is 14.6. The number of hydrogen-bond acceptors (Lipinski definition) is 2. The molecule has 3 atom stereocenters. The van der Waals surface area contributed by atoms with Gasteiger partial charge in [-0.3, -0.25) is 9.59 Å². The highest BCUT2D eigenvalue weighted by atomic mass is 19.1. The molecule has 2 aliphatic carbocycles. The summed E-state index contributed by atoms with van der Waals surface area (Å²) in [6.45, 7) is 0.558. The van der Waals surface area contributed by atoms with Crippen LogP contribution in [-0.4, -0.2) is 23.1 Å². The molecular formula is C31H33F2N3O2. The first kappa shape index (κ1) is 25.9. The van der Waals surface area contributed by atoms with Crippen molar-refractivity contribution in [2.75, 3.05) is 17.3 Å². The van der Waals surface area contributed by atoms with Crippen LogP contribution in [0.25, 0.3) is 10.9 Å². The van der Waals surface area contributed by atoms with Gasteiger partial charge >= 0.3 is 0 Å². The molecular weight excluding hydrogens is 484 g/mol. The molecule has 38 heavy (non-hydrogen) atoms. The summed E-state index contributed by atoms with van der Waals surface area (Å²) in [5.41, 5.74) is 2.11. The molecule has 5 nitrogen and oxygen atoms in total. The zero-order valence-electron chi connectivity index (χ0n) is 21.6. The van der Waals surface area contributed by atoms with E-state index in [0.29, 0.717) is 40.5 Å². The van der Waals surface area contributed by atoms with Crippen molar-refractivity contribution in [1.29, 1.82) is 0 Å². The smallest absolute Gasteiger partial charge is 0.272 e. The van der Waals surface area contributed by atoms with Gasteiger partial charge < -0.3 is 15.2 Å². The topological polar surface area (TPSA) is 63.1 Å². The lowest BCUT2D eigenvalue weighted by Gasteiger charge is -2.20. The van der Waals surface area contributed by atoms with Crippen molar-refractivity contribution in [1.82, 2.24) is 4.57 Å². The number of carbonyl (C=O) groups excluding carboxylic acids is 2. The average Bonchev–Trinajstić information content (AvgIpc) is 3.62. The molecule has 2 N–H and O–H groups in total. The molecule has 1 aromatic heterocycles. The van der Waals surface area contributed by atoms with Crippen molar-refractivity contribution in [3.8, 4) is 0 Å². The zero-order valence-corrected chi connectivity index (χ0v) is 21.6. The van der Waals surface area contributed by atoms with Gasteiger partial charge in [0, 0.05) is 34.3 Å². The van der Waals surface area contributed by atoms with E-state index in [0.717, 1.165) is 12.3 Å². The summed E-state index contributed by atoms with van der Waals surface area (Å²) >= 11 is 0. The lowest BCUT2D eigenvalue weighted by atomic mass is 9.86. The van der Waals surface area contributed by atoms with Gasteiger partial charge in [-0.2, -0.15) is 0 Å². The van der Waals surface area contributed by atoms with Gasteiger partial charge in [0.1, 0.15) is 18.2 Å². The van der Waals surface area contributed by atoms with Crippen LogP contribution in [0.15, 0.2) is 78.1 Å². The Morgan fingerprint density at radius 1 is 1.03 bits per heavy atom. The van der Waals surface area contributed by atoms with Crippen molar-refractivity contribution in [2.45, 2.75) is 45.6 Å². The second-order valence-corrected chi connectivity index (χ2v) is 10.5. The number of halogens is 2. The van der Waals surface area contributed by atoms with Crippen LogP contribution in [-0.2, 0) is 11.3 Å². The second kappa shape index (κ2) is 11.3. The van der Waals surface area contributed by atoms with Crippen molar-refractivity contribution in [3.63, 3.8) is 0 Å². The van der Waals surface area contributed by atoms with Gasteiger partial charge in [0.05, 0.1) is 6.54 Å². The third-order valence-electron chi connectivity index (χ3n) is 7.94. The predicted octanol–water partition coefficient (Wildman–Crippen LogP) is 7.43. The summed E-state index contributed by atoms with van der Waals surface area (Å²) < 4.78 is 30.0. The summed E-state index contributed by atoms with van der Waals surface area (Å²) in [4.78, 5) is 26.1. The van der Waals surface area contributed by atoms with Gasteiger partial charge in [0.15, 0.2) is 0 Å². The van der Waals surface area contributed by atoms with E-state index in [1.54, 1.807) is 41.8 Å². The highest BCUT2D eigenvalue weighted by Crippen LogP contribution is 2.49. The van der Waals surface area contributed by atoms with Crippen molar-refractivity contribution >= 4 is 34.1 Å². The number of aromatic nitrogens is 1. The Morgan fingerprint density at radius 3 is 2.53 bits per heavy atom. The molecule has 7 heteroatoms. The zero-order chi connectivity index (χ0) is 26.6. The van der Waals surface area contributed by atoms with Crippen LogP contribution in [0.1, 0.15) is 49.5 Å².